The molecule has 3 rings (SSSR count). The quantitative estimate of drug-likeness (QED) is 0.307. The lowest BCUT2D eigenvalue weighted by atomic mass is 10.1. The number of carbonyl (C=O) groups is 1. The number of rotatable bonds is 7. The molecule has 2 aromatic heterocycles. The maximum absolute atomic E-state index is 12.7. The van der Waals surface area contributed by atoms with Crippen LogP contribution in [0.1, 0.15) is 21.7 Å². The first kappa shape index (κ1) is 21.8. The molecule has 0 saturated carbocycles. The first-order valence-electron chi connectivity index (χ1n) is 8.87. The minimum atomic E-state index is -4.79. The third-order valence-electron chi connectivity index (χ3n) is 4.34. The zero-order chi connectivity index (χ0) is 22.8. The molecule has 1 aromatic carbocycles. The van der Waals surface area contributed by atoms with Crippen molar-refractivity contribution in [3.05, 3.63) is 75.7 Å². The van der Waals surface area contributed by atoms with Gasteiger partial charge in [-0.25, -0.2) is 0 Å². The van der Waals surface area contributed by atoms with Crippen LogP contribution >= 0.6 is 0 Å². The average Bonchev–Trinajstić information content (AvgIpc) is 3.00. The number of pyridine rings is 1. The van der Waals surface area contributed by atoms with Crippen molar-refractivity contribution in [3.8, 4) is 17.2 Å². The molecule has 0 N–H and O–H groups in total. The van der Waals surface area contributed by atoms with Crippen molar-refractivity contribution >= 4 is 11.6 Å². The van der Waals surface area contributed by atoms with E-state index in [0.717, 1.165) is 0 Å². The van der Waals surface area contributed by atoms with Crippen molar-refractivity contribution in [1.82, 2.24) is 9.55 Å². The molecule has 8 nitrogen and oxygen atoms in total. The highest BCUT2D eigenvalue weighted by molar-refractivity contribution is 5.98. The minimum absolute atomic E-state index is 0.130. The van der Waals surface area contributed by atoms with E-state index in [1.807, 2.05) is 0 Å². The first-order chi connectivity index (χ1) is 14.6. The molecule has 31 heavy (non-hydrogen) atoms. The summed E-state index contributed by atoms with van der Waals surface area (Å²) in [7, 11) is 0. The van der Waals surface area contributed by atoms with Crippen LogP contribution < -0.4 is 9.47 Å². The van der Waals surface area contributed by atoms with Crippen LogP contribution in [0.5, 0.6) is 11.5 Å². The number of nitro groups is 1. The predicted molar refractivity (Wildman–Crippen MR) is 103 cm³/mol. The molecule has 0 spiro atoms. The lowest BCUT2D eigenvalue weighted by molar-refractivity contribution is -0.390. The van der Waals surface area contributed by atoms with Gasteiger partial charge in [0.25, 0.3) is 0 Å². The first-order valence-corrected chi connectivity index (χ1v) is 8.87. The summed E-state index contributed by atoms with van der Waals surface area (Å²) in [5.74, 6) is -1.41. The van der Waals surface area contributed by atoms with E-state index in [9.17, 15) is 28.1 Å². The Hall–Kier alpha value is -3.89. The van der Waals surface area contributed by atoms with Gasteiger partial charge in [-0.15, -0.1) is 13.2 Å². The van der Waals surface area contributed by atoms with Gasteiger partial charge >= 0.3 is 12.2 Å². The summed E-state index contributed by atoms with van der Waals surface area (Å²) in [5, 5.41) is 11.0. The second kappa shape index (κ2) is 8.46. The Kier molecular flexibility index (Phi) is 5.95. The van der Waals surface area contributed by atoms with Gasteiger partial charge in [-0.3, -0.25) is 4.79 Å². The Morgan fingerprint density at radius 3 is 2.48 bits per heavy atom. The molecule has 0 radical (unpaired) electrons. The van der Waals surface area contributed by atoms with E-state index in [1.54, 1.807) is 24.5 Å². The molecule has 0 aliphatic carbocycles. The highest BCUT2D eigenvalue weighted by Crippen LogP contribution is 2.27. The smallest absolute Gasteiger partial charge is 0.477 e. The fourth-order valence-electron chi connectivity index (χ4n) is 3.09. The van der Waals surface area contributed by atoms with E-state index in [4.69, 9.17) is 4.74 Å². The summed E-state index contributed by atoms with van der Waals surface area (Å²) in [5.41, 5.74) is 2.06. The maximum atomic E-state index is 12.7. The number of benzene rings is 1. The molecular formula is C20H16F3N3O5. The average molecular weight is 435 g/mol. The van der Waals surface area contributed by atoms with Crippen LogP contribution in [0.2, 0.25) is 0 Å². The summed E-state index contributed by atoms with van der Waals surface area (Å²) in [6, 6.07) is 9.62. The maximum Gasteiger partial charge on any atom is 0.573 e. The largest absolute Gasteiger partial charge is 0.573 e. The summed E-state index contributed by atoms with van der Waals surface area (Å²) in [6.45, 7) is 2.96. The monoisotopic (exact) mass is 435 g/mol. The minimum Gasteiger partial charge on any atom is -0.477 e. The Labute approximate surface area is 174 Å². The molecule has 3 aromatic rings. The van der Waals surface area contributed by atoms with Crippen molar-refractivity contribution in [3.63, 3.8) is 0 Å². The number of carbonyl (C=O) groups excluding carboxylic acids is 1. The van der Waals surface area contributed by atoms with E-state index in [1.165, 1.54) is 42.6 Å². The molecule has 0 aliphatic rings. The number of aryl methyl sites for hydroxylation is 1. The van der Waals surface area contributed by atoms with E-state index in [2.05, 4.69) is 9.72 Å². The number of hydrogen-bond acceptors (Lipinski definition) is 6. The Bertz CT molecular complexity index is 1120. The molecule has 0 fully saturated rings. The summed E-state index contributed by atoms with van der Waals surface area (Å²) < 4.78 is 47.9. The molecule has 0 saturated heterocycles. The van der Waals surface area contributed by atoms with Crippen molar-refractivity contribution in [2.24, 2.45) is 0 Å². The van der Waals surface area contributed by atoms with Gasteiger partial charge in [0.05, 0.1) is 0 Å². The van der Waals surface area contributed by atoms with Crippen molar-refractivity contribution in [2.75, 3.05) is 6.61 Å². The van der Waals surface area contributed by atoms with Gasteiger partial charge in [-0.1, -0.05) is 0 Å². The van der Waals surface area contributed by atoms with Crippen molar-refractivity contribution in [1.29, 1.82) is 0 Å². The third kappa shape index (κ3) is 5.00. The number of nitrogens with zero attached hydrogens (tertiary/aromatic N) is 3. The highest BCUT2D eigenvalue weighted by atomic mass is 19.4. The van der Waals surface area contributed by atoms with Crippen LogP contribution in [-0.4, -0.2) is 33.2 Å². The summed E-state index contributed by atoms with van der Waals surface area (Å²) >= 11 is 0. The van der Waals surface area contributed by atoms with Gasteiger partial charge < -0.3 is 24.2 Å². The molecule has 0 bridgehead atoms. The number of ketones is 1. The van der Waals surface area contributed by atoms with Crippen LogP contribution in [0.25, 0.3) is 5.69 Å². The zero-order valence-electron chi connectivity index (χ0n) is 16.3. The number of ether oxygens (including phenoxy) is 2. The number of Topliss-reactive ketones (excluding diaryl/α,β-unsaturated/α-hetero) is 1. The van der Waals surface area contributed by atoms with Crippen molar-refractivity contribution in [2.45, 2.75) is 20.2 Å². The molecule has 2 heterocycles. The summed E-state index contributed by atoms with van der Waals surface area (Å²) in [4.78, 5) is 26.6. The van der Waals surface area contributed by atoms with E-state index < -0.39 is 29.5 Å². The fraction of sp³-hybridized carbons (Fsp3) is 0.200. The Morgan fingerprint density at radius 2 is 1.87 bits per heavy atom. The van der Waals surface area contributed by atoms with Gasteiger partial charge in [0.1, 0.15) is 11.9 Å². The normalized spacial score (nSPS) is 11.3. The van der Waals surface area contributed by atoms with E-state index in [0.29, 0.717) is 22.6 Å². The SMILES string of the molecule is Cc1cc(C(=O)COc2cccnc2[N+](=O)[O-])c(C)n1-c1ccc(OC(F)(F)F)cc1. The van der Waals surface area contributed by atoms with Crippen LogP contribution in [0.4, 0.5) is 19.0 Å². The highest BCUT2D eigenvalue weighted by Gasteiger charge is 2.31. The van der Waals surface area contributed by atoms with Gasteiger partial charge in [-0.2, -0.15) is 0 Å². The third-order valence-corrected chi connectivity index (χ3v) is 4.34. The van der Waals surface area contributed by atoms with Gasteiger partial charge in [0, 0.05) is 22.6 Å². The zero-order valence-corrected chi connectivity index (χ0v) is 16.3. The lowest BCUT2D eigenvalue weighted by Crippen LogP contribution is -2.17. The van der Waals surface area contributed by atoms with Gasteiger partial charge in [0.15, 0.2) is 6.61 Å². The molecule has 0 atom stereocenters. The standard InChI is InChI=1S/C20H16F3N3O5/c1-12-10-16(17(27)11-30-18-4-3-9-24-19(18)26(28)29)13(2)25(12)14-5-7-15(8-6-14)31-20(21,22)23/h3-10H,11H2,1-2H3. The molecule has 0 unspecified atom stereocenters. The Morgan fingerprint density at radius 1 is 1.19 bits per heavy atom. The van der Waals surface area contributed by atoms with E-state index in [-0.39, 0.29) is 11.5 Å². The number of halogens is 3. The van der Waals surface area contributed by atoms with Crippen LogP contribution in [0, 0.1) is 24.0 Å². The summed E-state index contributed by atoms with van der Waals surface area (Å²) in [6.07, 6.45) is -3.55. The number of aromatic nitrogens is 2. The second-order valence-electron chi connectivity index (χ2n) is 6.46. The molecule has 0 amide bonds. The topological polar surface area (TPSA) is 96.5 Å². The number of hydrogen-bond donors (Lipinski definition) is 0. The van der Waals surface area contributed by atoms with Crippen LogP contribution in [0.3, 0.4) is 0 Å². The predicted octanol–water partition coefficient (Wildman–Crippen LogP) is 4.56. The van der Waals surface area contributed by atoms with Crippen LogP contribution in [0.15, 0.2) is 48.7 Å². The van der Waals surface area contributed by atoms with Gasteiger partial charge in [-0.05, 0) is 66.2 Å². The number of alkyl halides is 3. The van der Waals surface area contributed by atoms with Crippen LogP contribution in [-0.2, 0) is 0 Å². The molecule has 11 heteroatoms. The molecular weight excluding hydrogens is 419 g/mol. The van der Waals surface area contributed by atoms with Crippen molar-refractivity contribution < 1.29 is 32.4 Å². The van der Waals surface area contributed by atoms with Gasteiger partial charge in [0.2, 0.25) is 11.5 Å². The fourth-order valence-corrected chi connectivity index (χ4v) is 3.09. The lowest BCUT2D eigenvalue weighted by Gasteiger charge is -2.12. The second-order valence-corrected chi connectivity index (χ2v) is 6.46. The van der Waals surface area contributed by atoms with E-state index >= 15 is 0 Å². The Balaban J connectivity index is 1.80. The molecule has 0 aliphatic heterocycles. The molecule has 162 valence electrons.